The maximum atomic E-state index is 12.8. The van der Waals surface area contributed by atoms with Gasteiger partial charge in [-0.15, -0.1) is 0 Å². The van der Waals surface area contributed by atoms with Crippen molar-refractivity contribution in [3.63, 3.8) is 0 Å². The number of rotatable bonds is 48. The largest absolute Gasteiger partial charge is 0.462 e. The van der Waals surface area contributed by atoms with Crippen LogP contribution in [0.25, 0.3) is 0 Å². The highest BCUT2D eigenvalue weighted by Crippen LogP contribution is 2.16. The summed E-state index contributed by atoms with van der Waals surface area (Å²) in [6.07, 6.45) is 58.5. The van der Waals surface area contributed by atoms with Crippen LogP contribution in [0.1, 0.15) is 278 Å². The lowest BCUT2D eigenvalue weighted by atomic mass is 10.0. The molecule has 0 spiro atoms. The van der Waals surface area contributed by atoms with Crippen molar-refractivity contribution in [1.29, 1.82) is 0 Å². The van der Waals surface area contributed by atoms with Crippen LogP contribution in [0.3, 0.4) is 0 Å². The fraction of sp³-hybridized carbons (Fsp3) is 0.836. The average Bonchev–Trinajstić information content (AvgIpc) is 3.26. The standard InChI is InChI=1S/C55H100O6/c1-4-7-10-13-16-19-22-24-26-27-29-30-33-36-39-42-45-48-54(57)60-51-52(50-59-53(56)47-44-41-38-35-32-21-18-15-12-9-6-3)61-55(58)49-46-43-40-37-34-31-28-25-23-20-17-14-11-8-5-2/h24,26,29-30,36,39,52H,4-23,25,27-28,31-35,37-38,40-51H2,1-3H3/b26-24-,30-29-,39-36-/t52-/m0/s1. The van der Waals surface area contributed by atoms with E-state index in [0.29, 0.717) is 25.7 Å². The minimum atomic E-state index is -0.786. The highest BCUT2D eigenvalue weighted by molar-refractivity contribution is 5.71. The van der Waals surface area contributed by atoms with E-state index in [2.05, 4.69) is 57.2 Å². The first kappa shape index (κ1) is 58.6. The van der Waals surface area contributed by atoms with Crippen LogP contribution < -0.4 is 0 Å². The third kappa shape index (κ3) is 48.5. The monoisotopic (exact) mass is 857 g/mol. The molecule has 0 heterocycles. The molecule has 0 rings (SSSR count). The van der Waals surface area contributed by atoms with Crippen LogP contribution in [0.5, 0.6) is 0 Å². The minimum Gasteiger partial charge on any atom is -0.462 e. The van der Waals surface area contributed by atoms with E-state index in [0.717, 1.165) is 57.8 Å². The Morgan fingerprint density at radius 3 is 0.984 bits per heavy atom. The van der Waals surface area contributed by atoms with Crippen molar-refractivity contribution in [3.05, 3.63) is 36.5 Å². The van der Waals surface area contributed by atoms with Crippen LogP contribution in [0.15, 0.2) is 36.5 Å². The van der Waals surface area contributed by atoms with Gasteiger partial charge < -0.3 is 14.2 Å². The lowest BCUT2D eigenvalue weighted by molar-refractivity contribution is -0.167. The van der Waals surface area contributed by atoms with Crippen molar-refractivity contribution in [2.45, 2.75) is 284 Å². The van der Waals surface area contributed by atoms with Crippen molar-refractivity contribution < 1.29 is 28.6 Å². The Labute approximate surface area is 378 Å². The summed E-state index contributed by atoms with van der Waals surface area (Å²) in [5.74, 6) is -0.926. The van der Waals surface area contributed by atoms with Crippen LogP contribution >= 0.6 is 0 Å². The molecule has 0 saturated carbocycles. The Hall–Kier alpha value is -2.37. The smallest absolute Gasteiger partial charge is 0.306 e. The molecular weight excluding hydrogens is 757 g/mol. The number of unbranched alkanes of at least 4 members (excludes halogenated alkanes) is 31. The van der Waals surface area contributed by atoms with Crippen molar-refractivity contribution >= 4 is 17.9 Å². The molecule has 0 aromatic heterocycles. The molecule has 0 aliphatic rings. The Morgan fingerprint density at radius 2 is 0.607 bits per heavy atom. The van der Waals surface area contributed by atoms with Crippen LogP contribution in [-0.2, 0) is 28.6 Å². The second-order valence-electron chi connectivity index (χ2n) is 17.8. The molecule has 0 aliphatic carbocycles. The summed E-state index contributed by atoms with van der Waals surface area (Å²) in [5.41, 5.74) is 0. The van der Waals surface area contributed by atoms with Gasteiger partial charge in [-0.05, 0) is 51.4 Å². The first-order valence-corrected chi connectivity index (χ1v) is 26.5. The van der Waals surface area contributed by atoms with Crippen molar-refractivity contribution in [2.75, 3.05) is 13.2 Å². The van der Waals surface area contributed by atoms with Crippen molar-refractivity contribution in [2.24, 2.45) is 0 Å². The van der Waals surface area contributed by atoms with Crippen LogP contribution in [0.4, 0.5) is 0 Å². The van der Waals surface area contributed by atoms with Crippen molar-refractivity contribution in [1.82, 2.24) is 0 Å². The number of hydrogen-bond donors (Lipinski definition) is 0. The molecule has 0 bridgehead atoms. The van der Waals surface area contributed by atoms with E-state index in [9.17, 15) is 14.4 Å². The van der Waals surface area contributed by atoms with Gasteiger partial charge in [-0.1, -0.05) is 243 Å². The third-order valence-corrected chi connectivity index (χ3v) is 11.6. The molecule has 0 N–H and O–H groups in total. The summed E-state index contributed by atoms with van der Waals surface area (Å²) >= 11 is 0. The first-order chi connectivity index (χ1) is 30.0. The van der Waals surface area contributed by atoms with Gasteiger partial charge in [-0.25, -0.2) is 0 Å². The van der Waals surface area contributed by atoms with Gasteiger partial charge in [0.25, 0.3) is 0 Å². The molecule has 61 heavy (non-hydrogen) atoms. The lowest BCUT2D eigenvalue weighted by Gasteiger charge is -2.18. The fourth-order valence-electron chi connectivity index (χ4n) is 7.64. The van der Waals surface area contributed by atoms with Crippen LogP contribution in [-0.4, -0.2) is 37.2 Å². The van der Waals surface area contributed by atoms with Crippen molar-refractivity contribution in [3.8, 4) is 0 Å². The molecule has 6 heteroatoms. The Bertz CT molecular complexity index is 1030. The number of allylic oxidation sites excluding steroid dienone is 6. The Kier molecular flexibility index (Phi) is 48.3. The maximum absolute atomic E-state index is 12.8. The number of carbonyl (C=O) groups excluding carboxylic acids is 3. The second-order valence-corrected chi connectivity index (χ2v) is 17.8. The van der Waals surface area contributed by atoms with Gasteiger partial charge in [-0.3, -0.25) is 14.4 Å². The predicted octanol–water partition coefficient (Wildman–Crippen LogP) is 17.3. The third-order valence-electron chi connectivity index (χ3n) is 11.6. The molecule has 0 amide bonds. The topological polar surface area (TPSA) is 78.9 Å². The van der Waals surface area contributed by atoms with E-state index >= 15 is 0 Å². The maximum Gasteiger partial charge on any atom is 0.306 e. The summed E-state index contributed by atoms with van der Waals surface area (Å²) in [7, 11) is 0. The molecule has 0 aliphatic heterocycles. The average molecular weight is 857 g/mol. The van der Waals surface area contributed by atoms with E-state index in [1.807, 2.05) is 0 Å². The normalized spacial score (nSPS) is 12.2. The number of ether oxygens (including phenoxy) is 3. The van der Waals surface area contributed by atoms with Crippen LogP contribution in [0.2, 0.25) is 0 Å². The fourth-order valence-corrected chi connectivity index (χ4v) is 7.64. The van der Waals surface area contributed by atoms with Gasteiger partial charge in [0, 0.05) is 19.3 Å². The molecule has 6 nitrogen and oxygen atoms in total. The zero-order valence-electron chi connectivity index (χ0n) is 40.7. The highest BCUT2D eigenvalue weighted by atomic mass is 16.6. The van der Waals surface area contributed by atoms with Gasteiger partial charge in [0.05, 0.1) is 0 Å². The molecule has 0 aromatic rings. The van der Waals surface area contributed by atoms with Gasteiger partial charge in [0.2, 0.25) is 0 Å². The summed E-state index contributed by atoms with van der Waals surface area (Å²) in [5, 5.41) is 0. The molecule has 0 radical (unpaired) electrons. The van der Waals surface area contributed by atoms with Gasteiger partial charge in [-0.2, -0.15) is 0 Å². The summed E-state index contributed by atoms with van der Waals surface area (Å²) in [4.78, 5) is 37.9. The quantitative estimate of drug-likeness (QED) is 0.0262. The summed E-state index contributed by atoms with van der Waals surface area (Å²) in [6, 6.07) is 0. The zero-order valence-corrected chi connectivity index (χ0v) is 40.7. The molecule has 0 saturated heterocycles. The van der Waals surface area contributed by atoms with E-state index in [4.69, 9.17) is 14.2 Å². The van der Waals surface area contributed by atoms with E-state index in [1.54, 1.807) is 0 Å². The molecule has 1 atom stereocenters. The minimum absolute atomic E-state index is 0.0834. The summed E-state index contributed by atoms with van der Waals surface area (Å²) in [6.45, 7) is 6.61. The summed E-state index contributed by atoms with van der Waals surface area (Å²) < 4.78 is 16.8. The Balaban J connectivity index is 4.40. The van der Waals surface area contributed by atoms with Gasteiger partial charge in [0.15, 0.2) is 6.10 Å². The Morgan fingerprint density at radius 1 is 0.328 bits per heavy atom. The number of hydrogen-bond acceptors (Lipinski definition) is 6. The van der Waals surface area contributed by atoms with Gasteiger partial charge >= 0.3 is 17.9 Å². The van der Waals surface area contributed by atoms with E-state index in [1.165, 1.54) is 173 Å². The zero-order chi connectivity index (χ0) is 44.4. The van der Waals surface area contributed by atoms with Gasteiger partial charge in [0.1, 0.15) is 13.2 Å². The van der Waals surface area contributed by atoms with Crippen LogP contribution in [0, 0.1) is 0 Å². The lowest BCUT2D eigenvalue weighted by Crippen LogP contribution is -2.30. The molecule has 0 fully saturated rings. The molecular formula is C55H100O6. The molecule has 356 valence electrons. The predicted molar refractivity (Wildman–Crippen MR) is 261 cm³/mol. The van der Waals surface area contributed by atoms with E-state index in [-0.39, 0.29) is 31.1 Å². The SMILES string of the molecule is CCCCCCCC/C=C\C/C=C\C/C=C\CCCC(=O)OC[C@H](COC(=O)CCCCCCCCCCCCC)OC(=O)CCCCCCCCCCCCCCCCC. The molecule has 0 aromatic carbocycles. The van der Waals surface area contributed by atoms with E-state index < -0.39 is 6.10 Å². The first-order valence-electron chi connectivity index (χ1n) is 26.5. The second kappa shape index (κ2) is 50.3. The highest BCUT2D eigenvalue weighted by Gasteiger charge is 2.19. The number of carbonyl (C=O) groups is 3. The number of esters is 3. The molecule has 0 unspecified atom stereocenters.